The molecule has 2 rings (SSSR count). The number of hydrogen-bond donors (Lipinski definition) is 1. The number of hydrogen-bond acceptors (Lipinski definition) is 6. The second-order valence-corrected chi connectivity index (χ2v) is 6.58. The van der Waals surface area contributed by atoms with E-state index in [0.29, 0.717) is 11.4 Å². The minimum Gasteiger partial charge on any atom is -0.372 e. The molecular formula is C18H19Cl2N5O3. The van der Waals surface area contributed by atoms with E-state index in [1.54, 1.807) is 6.07 Å². The van der Waals surface area contributed by atoms with E-state index in [4.69, 9.17) is 23.2 Å². The molecule has 0 bridgehead atoms. The molecule has 0 radical (unpaired) electrons. The van der Waals surface area contributed by atoms with Crippen molar-refractivity contribution in [3.63, 3.8) is 0 Å². The van der Waals surface area contributed by atoms with Crippen LogP contribution in [0.4, 0.5) is 28.4 Å². The standard InChI is InChI=1S/C18H19Cl2N5O3/c1-4-24(5-2)12-6-7-15(17(8-12)21-11(3)26)22-23-16-9-14(20)18(25(27)28)10-13(16)19/h6-10H,4-5H2,1-3H3,(H,21,26). The van der Waals surface area contributed by atoms with Crippen molar-refractivity contribution in [2.24, 2.45) is 10.2 Å². The van der Waals surface area contributed by atoms with Crippen molar-refractivity contribution in [2.45, 2.75) is 20.8 Å². The number of carbonyl (C=O) groups excluding carboxylic acids is 1. The van der Waals surface area contributed by atoms with Gasteiger partial charge in [-0.2, -0.15) is 0 Å². The molecule has 0 aliphatic rings. The van der Waals surface area contributed by atoms with E-state index < -0.39 is 4.92 Å². The summed E-state index contributed by atoms with van der Waals surface area (Å²) in [5, 5.41) is 21.8. The molecule has 8 nitrogen and oxygen atoms in total. The van der Waals surface area contributed by atoms with Gasteiger partial charge < -0.3 is 10.2 Å². The van der Waals surface area contributed by atoms with Gasteiger partial charge in [-0.25, -0.2) is 0 Å². The summed E-state index contributed by atoms with van der Waals surface area (Å²) < 4.78 is 0. The lowest BCUT2D eigenvalue weighted by Crippen LogP contribution is -2.21. The summed E-state index contributed by atoms with van der Waals surface area (Å²) in [7, 11) is 0. The van der Waals surface area contributed by atoms with Gasteiger partial charge in [0.25, 0.3) is 5.69 Å². The molecule has 10 heteroatoms. The van der Waals surface area contributed by atoms with Gasteiger partial charge in [-0.15, -0.1) is 10.2 Å². The Labute approximate surface area is 172 Å². The molecule has 0 saturated heterocycles. The molecule has 2 aromatic carbocycles. The van der Waals surface area contributed by atoms with Crippen molar-refractivity contribution in [2.75, 3.05) is 23.3 Å². The Kier molecular flexibility index (Phi) is 7.31. The maximum atomic E-state index is 11.6. The number of nitrogens with zero attached hydrogens (tertiary/aromatic N) is 4. The van der Waals surface area contributed by atoms with Crippen LogP contribution < -0.4 is 10.2 Å². The molecule has 2 aromatic rings. The second-order valence-electron chi connectivity index (χ2n) is 5.77. The highest BCUT2D eigenvalue weighted by atomic mass is 35.5. The number of azo groups is 1. The third-order valence-electron chi connectivity index (χ3n) is 3.90. The molecular weight excluding hydrogens is 405 g/mol. The van der Waals surface area contributed by atoms with Crippen molar-refractivity contribution in [3.8, 4) is 0 Å². The molecule has 148 valence electrons. The van der Waals surface area contributed by atoms with Crippen LogP contribution in [0.1, 0.15) is 20.8 Å². The van der Waals surface area contributed by atoms with E-state index in [1.165, 1.54) is 13.0 Å². The summed E-state index contributed by atoms with van der Waals surface area (Å²) in [5.74, 6) is -0.246. The van der Waals surface area contributed by atoms with Crippen LogP contribution in [0.15, 0.2) is 40.6 Å². The predicted octanol–water partition coefficient (Wildman–Crippen LogP) is 6.12. The molecule has 0 heterocycles. The monoisotopic (exact) mass is 423 g/mol. The number of benzene rings is 2. The average Bonchev–Trinajstić information content (AvgIpc) is 2.63. The van der Waals surface area contributed by atoms with Crippen molar-refractivity contribution in [3.05, 3.63) is 50.5 Å². The Balaban J connectivity index is 2.43. The van der Waals surface area contributed by atoms with E-state index in [-0.39, 0.29) is 27.3 Å². The largest absolute Gasteiger partial charge is 0.372 e. The van der Waals surface area contributed by atoms with Crippen LogP contribution in [0.2, 0.25) is 10.0 Å². The quantitative estimate of drug-likeness (QED) is 0.329. The van der Waals surface area contributed by atoms with E-state index >= 15 is 0 Å². The third kappa shape index (κ3) is 5.17. The lowest BCUT2D eigenvalue weighted by Gasteiger charge is -2.22. The Morgan fingerprint density at radius 2 is 1.75 bits per heavy atom. The molecule has 0 fully saturated rings. The van der Waals surface area contributed by atoms with Gasteiger partial charge in [0, 0.05) is 31.8 Å². The predicted molar refractivity (Wildman–Crippen MR) is 112 cm³/mol. The average molecular weight is 424 g/mol. The highest BCUT2D eigenvalue weighted by molar-refractivity contribution is 6.36. The van der Waals surface area contributed by atoms with Gasteiger partial charge in [-0.3, -0.25) is 14.9 Å². The fraction of sp³-hybridized carbons (Fsp3) is 0.278. The molecule has 0 aromatic heterocycles. The van der Waals surface area contributed by atoms with E-state index in [1.807, 2.05) is 26.0 Å². The van der Waals surface area contributed by atoms with Crippen molar-refractivity contribution in [1.29, 1.82) is 0 Å². The Morgan fingerprint density at radius 1 is 1.11 bits per heavy atom. The molecule has 0 unspecified atom stereocenters. The molecule has 0 spiro atoms. The summed E-state index contributed by atoms with van der Waals surface area (Å²) >= 11 is 11.9. The zero-order chi connectivity index (χ0) is 20.8. The maximum Gasteiger partial charge on any atom is 0.289 e. The van der Waals surface area contributed by atoms with Crippen LogP contribution in [0.5, 0.6) is 0 Å². The first-order valence-corrected chi connectivity index (χ1v) is 9.24. The lowest BCUT2D eigenvalue weighted by atomic mass is 10.2. The third-order valence-corrected chi connectivity index (χ3v) is 4.50. The smallest absolute Gasteiger partial charge is 0.289 e. The van der Waals surface area contributed by atoms with Crippen LogP contribution in [-0.4, -0.2) is 23.9 Å². The topological polar surface area (TPSA) is 100 Å². The van der Waals surface area contributed by atoms with Crippen LogP contribution in [0.25, 0.3) is 0 Å². The van der Waals surface area contributed by atoms with Gasteiger partial charge in [0.05, 0.1) is 15.6 Å². The first kappa shape index (κ1) is 21.6. The van der Waals surface area contributed by atoms with Gasteiger partial charge in [0.2, 0.25) is 5.91 Å². The molecule has 1 N–H and O–H groups in total. The molecule has 0 aliphatic carbocycles. The number of nitro benzene ring substituents is 1. The van der Waals surface area contributed by atoms with E-state index in [2.05, 4.69) is 20.4 Å². The van der Waals surface area contributed by atoms with E-state index in [0.717, 1.165) is 24.8 Å². The Hall–Kier alpha value is -2.71. The SMILES string of the molecule is CCN(CC)c1ccc(N=Nc2cc(Cl)c([N+](=O)[O-])cc2Cl)c(NC(C)=O)c1. The number of amides is 1. The minimum absolute atomic E-state index is 0.0423. The number of anilines is 2. The van der Waals surface area contributed by atoms with Gasteiger partial charge in [0.1, 0.15) is 16.4 Å². The summed E-state index contributed by atoms with van der Waals surface area (Å²) in [6, 6.07) is 7.80. The fourth-order valence-corrected chi connectivity index (χ4v) is 2.96. The zero-order valence-electron chi connectivity index (χ0n) is 15.6. The molecule has 28 heavy (non-hydrogen) atoms. The minimum atomic E-state index is -0.629. The Bertz CT molecular complexity index is 930. The fourth-order valence-electron chi connectivity index (χ4n) is 2.54. The highest BCUT2D eigenvalue weighted by Gasteiger charge is 2.16. The van der Waals surface area contributed by atoms with E-state index in [9.17, 15) is 14.9 Å². The number of nitrogens with one attached hydrogen (secondary N) is 1. The summed E-state index contributed by atoms with van der Waals surface area (Å²) in [6.07, 6.45) is 0. The summed E-state index contributed by atoms with van der Waals surface area (Å²) in [5.41, 5.74) is 1.71. The van der Waals surface area contributed by atoms with Crippen LogP contribution in [0, 0.1) is 10.1 Å². The number of nitro groups is 1. The first-order chi connectivity index (χ1) is 13.3. The number of carbonyl (C=O) groups is 1. The van der Waals surface area contributed by atoms with Gasteiger partial charge >= 0.3 is 0 Å². The van der Waals surface area contributed by atoms with Gasteiger partial charge in [0.15, 0.2) is 0 Å². The molecule has 1 amide bonds. The van der Waals surface area contributed by atoms with Crippen molar-refractivity contribution >= 4 is 57.5 Å². The van der Waals surface area contributed by atoms with Gasteiger partial charge in [-0.1, -0.05) is 23.2 Å². The summed E-state index contributed by atoms with van der Waals surface area (Å²) in [6.45, 7) is 7.10. The zero-order valence-corrected chi connectivity index (χ0v) is 17.1. The second kappa shape index (κ2) is 9.48. The highest BCUT2D eigenvalue weighted by Crippen LogP contribution is 2.37. The number of rotatable bonds is 7. The number of halogens is 2. The molecule has 0 saturated carbocycles. The lowest BCUT2D eigenvalue weighted by molar-refractivity contribution is -0.384. The Morgan fingerprint density at radius 3 is 2.32 bits per heavy atom. The van der Waals surface area contributed by atoms with Crippen molar-refractivity contribution in [1.82, 2.24) is 0 Å². The van der Waals surface area contributed by atoms with Crippen LogP contribution >= 0.6 is 23.2 Å². The first-order valence-electron chi connectivity index (χ1n) is 8.48. The van der Waals surface area contributed by atoms with Crippen LogP contribution in [-0.2, 0) is 4.79 Å². The normalized spacial score (nSPS) is 10.9. The summed E-state index contributed by atoms with van der Waals surface area (Å²) in [4.78, 5) is 24.0. The van der Waals surface area contributed by atoms with Crippen LogP contribution in [0.3, 0.4) is 0 Å². The molecule has 0 atom stereocenters. The maximum absolute atomic E-state index is 11.6. The molecule has 0 aliphatic heterocycles. The van der Waals surface area contributed by atoms with Gasteiger partial charge in [-0.05, 0) is 38.1 Å². The van der Waals surface area contributed by atoms with Crippen molar-refractivity contribution < 1.29 is 9.72 Å².